The number of hydrogen-bond acceptors (Lipinski definition) is 4. The number of Topliss-reactive ketones (excluding diaryl/α,β-unsaturated/α-hetero) is 1. The van der Waals surface area contributed by atoms with E-state index in [2.05, 4.69) is 20.8 Å². The highest BCUT2D eigenvalue weighted by Gasteiger charge is 2.46. The fraction of sp³-hybridized carbons (Fsp3) is 0.385. The third kappa shape index (κ3) is 4.53. The van der Waals surface area contributed by atoms with Crippen molar-refractivity contribution in [3.63, 3.8) is 0 Å². The molecule has 6 heteroatoms. The van der Waals surface area contributed by atoms with Crippen LogP contribution in [-0.2, 0) is 15.0 Å². The van der Waals surface area contributed by atoms with Gasteiger partial charge < -0.3 is 14.7 Å². The first-order valence-electron chi connectivity index (χ1n) is 10.8. The molecule has 32 heavy (non-hydrogen) atoms. The number of aliphatic hydroxyl groups excluding tert-OH is 1. The molecular weight excluding hydrogens is 426 g/mol. The number of aliphatic hydroxyl groups is 1. The van der Waals surface area contributed by atoms with Gasteiger partial charge in [-0.3, -0.25) is 9.59 Å². The van der Waals surface area contributed by atoms with E-state index in [0.29, 0.717) is 12.3 Å². The fourth-order valence-corrected chi connectivity index (χ4v) is 4.12. The van der Waals surface area contributed by atoms with Crippen molar-refractivity contribution < 1.29 is 19.4 Å². The van der Waals surface area contributed by atoms with Gasteiger partial charge in [-0.15, -0.1) is 0 Å². The lowest BCUT2D eigenvalue weighted by Crippen LogP contribution is -2.30. The number of carbonyl (C=O) groups excluding carboxylic acids is 2. The normalized spacial score (nSPS) is 18.3. The van der Waals surface area contributed by atoms with Crippen molar-refractivity contribution in [2.24, 2.45) is 0 Å². The second kappa shape index (κ2) is 9.37. The van der Waals surface area contributed by atoms with Crippen LogP contribution in [0.4, 0.5) is 0 Å². The highest BCUT2D eigenvalue weighted by molar-refractivity contribution is 6.47. The minimum atomic E-state index is -0.706. The summed E-state index contributed by atoms with van der Waals surface area (Å²) in [5.74, 6) is -1.12. The van der Waals surface area contributed by atoms with Gasteiger partial charge in [0.2, 0.25) is 0 Å². The van der Waals surface area contributed by atoms with E-state index in [1.54, 1.807) is 23.1 Å². The van der Waals surface area contributed by atoms with Gasteiger partial charge in [-0.05, 0) is 41.2 Å². The van der Waals surface area contributed by atoms with Gasteiger partial charge in [-0.2, -0.15) is 0 Å². The van der Waals surface area contributed by atoms with Gasteiger partial charge in [0.15, 0.2) is 0 Å². The van der Waals surface area contributed by atoms with Crippen molar-refractivity contribution in [1.82, 2.24) is 4.90 Å². The molecule has 1 atom stereocenters. The van der Waals surface area contributed by atoms with E-state index in [1.807, 2.05) is 31.2 Å². The van der Waals surface area contributed by atoms with Gasteiger partial charge >= 0.3 is 0 Å². The molecule has 1 unspecified atom stereocenters. The van der Waals surface area contributed by atoms with E-state index in [0.717, 1.165) is 24.0 Å². The summed E-state index contributed by atoms with van der Waals surface area (Å²) in [6.07, 6.45) is 1.63. The number of carbonyl (C=O) groups is 2. The third-order valence-electron chi connectivity index (χ3n) is 5.81. The number of benzene rings is 2. The molecule has 0 radical (unpaired) electrons. The van der Waals surface area contributed by atoms with Gasteiger partial charge in [-0.1, -0.05) is 70.0 Å². The highest BCUT2D eigenvalue weighted by atomic mass is 35.5. The van der Waals surface area contributed by atoms with E-state index < -0.39 is 17.7 Å². The maximum atomic E-state index is 13.1. The van der Waals surface area contributed by atoms with E-state index in [-0.39, 0.29) is 27.3 Å². The Hall–Kier alpha value is -2.79. The van der Waals surface area contributed by atoms with Crippen molar-refractivity contribution in [2.75, 3.05) is 13.7 Å². The number of hydrogen-bond donors (Lipinski definition) is 1. The van der Waals surface area contributed by atoms with Gasteiger partial charge in [-0.25, -0.2) is 0 Å². The van der Waals surface area contributed by atoms with Crippen molar-refractivity contribution in [1.29, 1.82) is 0 Å². The van der Waals surface area contributed by atoms with Crippen LogP contribution < -0.4 is 4.74 Å². The SMILES string of the molecule is CCCCN1C(=O)C(=O)/C(=C(/O)c2cc(OC)ccc2Cl)C1c1ccc(C(C)(C)C)cc1. The molecule has 1 N–H and O–H groups in total. The molecule has 5 nitrogen and oxygen atoms in total. The summed E-state index contributed by atoms with van der Waals surface area (Å²) in [5, 5.41) is 11.5. The second-order valence-corrected chi connectivity index (χ2v) is 9.47. The zero-order valence-electron chi connectivity index (χ0n) is 19.2. The Morgan fingerprint density at radius 2 is 1.78 bits per heavy atom. The summed E-state index contributed by atoms with van der Waals surface area (Å²) in [4.78, 5) is 27.6. The summed E-state index contributed by atoms with van der Waals surface area (Å²) < 4.78 is 5.25. The molecule has 1 aliphatic rings. The molecule has 1 aliphatic heterocycles. The highest BCUT2D eigenvalue weighted by Crippen LogP contribution is 2.41. The van der Waals surface area contributed by atoms with Crippen LogP contribution >= 0.6 is 11.6 Å². The third-order valence-corrected chi connectivity index (χ3v) is 6.14. The predicted molar refractivity (Wildman–Crippen MR) is 127 cm³/mol. The fourth-order valence-electron chi connectivity index (χ4n) is 3.91. The summed E-state index contributed by atoms with van der Waals surface area (Å²) >= 11 is 6.34. The van der Waals surface area contributed by atoms with Gasteiger partial charge in [0, 0.05) is 12.1 Å². The van der Waals surface area contributed by atoms with Gasteiger partial charge in [0.05, 0.1) is 23.7 Å². The molecule has 2 aromatic rings. The maximum Gasteiger partial charge on any atom is 0.295 e. The molecule has 1 heterocycles. The van der Waals surface area contributed by atoms with Crippen LogP contribution in [0, 0.1) is 0 Å². The molecule has 2 aromatic carbocycles. The number of rotatable bonds is 6. The van der Waals surface area contributed by atoms with Gasteiger partial charge in [0.1, 0.15) is 11.5 Å². The van der Waals surface area contributed by atoms with Crippen LogP contribution in [-0.4, -0.2) is 35.4 Å². The molecule has 170 valence electrons. The van der Waals surface area contributed by atoms with Crippen LogP contribution in [0.3, 0.4) is 0 Å². The monoisotopic (exact) mass is 455 g/mol. The standard InChI is InChI=1S/C26H30ClNO4/c1-6-7-14-28-22(16-8-10-17(11-9-16)26(2,3)4)21(24(30)25(28)31)23(29)19-15-18(32-5)12-13-20(19)27/h8-13,15,22,29H,6-7,14H2,1-5H3/b23-21+. The number of ketones is 1. The average molecular weight is 456 g/mol. The van der Waals surface area contributed by atoms with Crippen LogP contribution in [0.1, 0.15) is 63.3 Å². The average Bonchev–Trinajstić information content (AvgIpc) is 3.01. The summed E-state index contributed by atoms with van der Waals surface area (Å²) in [5.41, 5.74) is 2.19. The Balaban J connectivity index is 2.19. The van der Waals surface area contributed by atoms with E-state index in [9.17, 15) is 14.7 Å². The maximum absolute atomic E-state index is 13.1. The molecule has 0 aromatic heterocycles. The van der Waals surface area contributed by atoms with E-state index in [4.69, 9.17) is 16.3 Å². The number of nitrogens with zero attached hydrogens (tertiary/aromatic N) is 1. The van der Waals surface area contributed by atoms with Crippen LogP contribution in [0.5, 0.6) is 5.75 Å². The van der Waals surface area contributed by atoms with Crippen molar-refractivity contribution in [3.05, 3.63) is 69.8 Å². The first kappa shape index (κ1) is 23.9. The number of ether oxygens (including phenoxy) is 1. The molecule has 1 fully saturated rings. The van der Waals surface area contributed by atoms with Crippen molar-refractivity contribution >= 4 is 29.1 Å². The molecule has 3 rings (SSSR count). The van der Waals surface area contributed by atoms with E-state index in [1.165, 1.54) is 7.11 Å². The Labute approximate surface area is 194 Å². The largest absolute Gasteiger partial charge is 0.507 e. The number of halogens is 1. The Morgan fingerprint density at radius 3 is 2.34 bits per heavy atom. The molecule has 0 bridgehead atoms. The quantitative estimate of drug-likeness (QED) is 0.336. The van der Waals surface area contributed by atoms with Crippen molar-refractivity contribution in [2.45, 2.75) is 52.0 Å². The zero-order chi connectivity index (χ0) is 23.6. The molecule has 0 aliphatic carbocycles. The number of amides is 1. The number of unbranched alkanes of at least 4 members (excludes halogenated alkanes) is 1. The zero-order valence-corrected chi connectivity index (χ0v) is 20.0. The van der Waals surface area contributed by atoms with Crippen LogP contribution in [0.2, 0.25) is 5.02 Å². The second-order valence-electron chi connectivity index (χ2n) is 9.06. The summed E-state index contributed by atoms with van der Waals surface area (Å²) in [7, 11) is 1.51. The topological polar surface area (TPSA) is 66.8 Å². The number of likely N-dealkylation sites (tertiary alicyclic amines) is 1. The molecule has 1 amide bonds. The minimum Gasteiger partial charge on any atom is -0.507 e. The molecular formula is C26H30ClNO4. The lowest BCUT2D eigenvalue weighted by Gasteiger charge is -2.26. The van der Waals surface area contributed by atoms with Crippen molar-refractivity contribution in [3.8, 4) is 5.75 Å². The summed E-state index contributed by atoms with van der Waals surface area (Å²) in [6.45, 7) is 8.83. The first-order chi connectivity index (χ1) is 15.1. The minimum absolute atomic E-state index is 0.0311. The first-order valence-corrected chi connectivity index (χ1v) is 11.2. The Morgan fingerprint density at radius 1 is 1.12 bits per heavy atom. The lowest BCUT2D eigenvalue weighted by atomic mass is 9.85. The van der Waals surface area contributed by atoms with E-state index >= 15 is 0 Å². The Bertz CT molecular complexity index is 1050. The van der Waals surface area contributed by atoms with Gasteiger partial charge in [0.25, 0.3) is 11.7 Å². The molecule has 0 saturated carbocycles. The van der Waals surface area contributed by atoms with Crippen LogP contribution in [0.25, 0.3) is 5.76 Å². The predicted octanol–water partition coefficient (Wildman–Crippen LogP) is 5.87. The number of methoxy groups -OCH3 is 1. The molecule has 0 spiro atoms. The Kier molecular flexibility index (Phi) is 6.99. The molecule has 1 saturated heterocycles. The van der Waals surface area contributed by atoms with Crippen LogP contribution in [0.15, 0.2) is 48.0 Å². The summed E-state index contributed by atoms with van der Waals surface area (Å²) in [6, 6.07) is 12.0. The lowest BCUT2D eigenvalue weighted by molar-refractivity contribution is -0.139. The smallest absolute Gasteiger partial charge is 0.295 e.